The van der Waals surface area contributed by atoms with E-state index in [1.807, 2.05) is 0 Å². The quantitative estimate of drug-likeness (QED) is 0.673. The van der Waals surface area contributed by atoms with Crippen LogP contribution in [0.25, 0.3) is 0 Å². The van der Waals surface area contributed by atoms with Crippen molar-refractivity contribution in [2.24, 2.45) is 0 Å². The van der Waals surface area contributed by atoms with E-state index < -0.39 is 0 Å². The number of nitrogens with zero attached hydrogens (tertiary/aromatic N) is 1. The van der Waals surface area contributed by atoms with Crippen LogP contribution >= 0.6 is 0 Å². The van der Waals surface area contributed by atoms with Crippen molar-refractivity contribution >= 4 is 11.6 Å². The fourth-order valence-corrected chi connectivity index (χ4v) is 1.87. The minimum Gasteiger partial charge on any atom is -0.497 e. The first-order valence-corrected chi connectivity index (χ1v) is 6.49. The smallest absolute Gasteiger partial charge is 0.256 e. The highest BCUT2D eigenvalue weighted by Crippen LogP contribution is 2.31. The maximum absolute atomic E-state index is 12.6. The summed E-state index contributed by atoms with van der Waals surface area (Å²) in [6.07, 6.45) is 0. The molecular weight excluding hydrogens is 276 g/mol. The molecule has 118 valence electrons. The average Bonchev–Trinajstić information content (AvgIpc) is 2.51. The van der Waals surface area contributed by atoms with Gasteiger partial charge >= 0.3 is 0 Å². The molecule has 0 saturated carbocycles. The molecule has 0 aliphatic rings. The molecule has 0 aliphatic carbocycles. The molecular formula is C14H22N2O5. The predicted octanol–water partition coefficient (Wildman–Crippen LogP) is 0.367. The lowest BCUT2D eigenvalue weighted by molar-refractivity contribution is 0.0657. The summed E-state index contributed by atoms with van der Waals surface area (Å²) in [7, 11) is 4.51. The van der Waals surface area contributed by atoms with Crippen molar-refractivity contribution in [2.45, 2.75) is 0 Å². The predicted molar refractivity (Wildman–Crippen MR) is 78.8 cm³/mol. The summed E-state index contributed by atoms with van der Waals surface area (Å²) < 4.78 is 15.3. The van der Waals surface area contributed by atoms with Gasteiger partial charge in [-0.1, -0.05) is 0 Å². The first kappa shape index (κ1) is 17.1. The number of aliphatic hydroxyl groups excluding tert-OH is 1. The fraction of sp³-hybridized carbons (Fsp3) is 0.500. The number of hydrogen-bond acceptors (Lipinski definition) is 6. The Balaban J connectivity index is 3.13. The number of methoxy groups -OCH3 is 3. The van der Waals surface area contributed by atoms with Gasteiger partial charge < -0.3 is 30.0 Å². The standard InChI is InChI=1S/C14H22N2O5/c1-19-7-5-16(4-6-17)14(18)11-8-10(20-2)9-12(21-3)13(11)15/h8-9,17H,4-7,15H2,1-3H3. The lowest BCUT2D eigenvalue weighted by Gasteiger charge is -2.23. The molecule has 1 aromatic carbocycles. The number of nitrogens with two attached hydrogens (primary N) is 1. The van der Waals surface area contributed by atoms with E-state index in [4.69, 9.17) is 25.1 Å². The SMILES string of the molecule is COCCN(CCO)C(=O)c1cc(OC)cc(OC)c1N. The molecule has 0 atom stereocenters. The lowest BCUT2D eigenvalue weighted by atomic mass is 10.1. The van der Waals surface area contributed by atoms with Crippen molar-refractivity contribution < 1.29 is 24.1 Å². The van der Waals surface area contributed by atoms with Crippen LogP contribution in [-0.4, -0.2) is 63.5 Å². The maximum atomic E-state index is 12.6. The zero-order valence-corrected chi connectivity index (χ0v) is 12.6. The highest BCUT2D eigenvalue weighted by Gasteiger charge is 2.21. The van der Waals surface area contributed by atoms with Crippen LogP contribution in [0.2, 0.25) is 0 Å². The Labute approximate surface area is 124 Å². The molecule has 0 saturated heterocycles. The van der Waals surface area contributed by atoms with Gasteiger partial charge in [-0.3, -0.25) is 4.79 Å². The van der Waals surface area contributed by atoms with Crippen LogP contribution in [0.4, 0.5) is 5.69 Å². The number of benzene rings is 1. The molecule has 0 aliphatic heterocycles. The van der Waals surface area contributed by atoms with Crippen LogP contribution in [0.15, 0.2) is 12.1 Å². The van der Waals surface area contributed by atoms with E-state index in [9.17, 15) is 4.79 Å². The molecule has 0 radical (unpaired) electrons. The number of hydrogen-bond donors (Lipinski definition) is 2. The minimum absolute atomic E-state index is 0.142. The van der Waals surface area contributed by atoms with Crippen LogP contribution in [-0.2, 0) is 4.74 Å². The summed E-state index contributed by atoms with van der Waals surface area (Å²) in [5.41, 5.74) is 6.47. The number of anilines is 1. The summed E-state index contributed by atoms with van der Waals surface area (Å²) in [5.74, 6) is 0.532. The highest BCUT2D eigenvalue weighted by atomic mass is 16.5. The molecule has 0 fully saturated rings. The molecule has 0 heterocycles. The number of nitrogen functional groups attached to an aromatic ring is 1. The van der Waals surface area contributed by atoms with Gasteiger partial charge in [-0.2, -0.15) is 0 Å². The molecule has 3 N–H and O–H groups in total. The summed E-state index contributed by atoms with van der Waals surface area (Å²) in [5, 5.41) is 9.09. The van der Waals surface area contributed by atoms with Crippen molar-refractivity contribution in [1.82, 2.24) is 4.90 Å². The first-order valence-electron chi connectivity index (χ1n) is 6.49. The Kier molecular flexibility index (Phi) is 6.77. The highest BCUT2D eigenvalue weighted by molar-refractivity contribution is 6.01. The van der Waals surface area contributed by atoms with Crippen molar-refractivity contribution in [3.63, 3.8) is 0 Å². The summed E-state index contributed by atoms with van der Waals surface area (Å²) in [6, 6.07) is 3.16. The van der Waals surface area contributed by atoms with Gasteiger partial charge in [-0.25, -0.2) is 0 Å². The number of aliphatic hydroxyl groups is 1. The van der Waals surface area contributed by atoms with E-state index in [-0.39, 0.29) is 30.3 Å². The fourth-order valence-electron chi connectivity index (χ4n) is 1.87. The second-order valence-corrected chi connectivity index (χ2v) is 4.30. The molecule has 0 bridgehead atoms. The largest absolute Gasteiger partial charge is 0.497 e. The Morgan fingerprint density at radius 3 is 2.48 bits per heavy atom. The molecule has 0 spiro atoms. The zero-order chi connectivity index (χ0) is 15.8. The lowest BCUT2D eigenvalue weighted by Crippen LogP contribution is -2.36. The van der Waals surface area contributed by atoms with Crippen molar-refractivity contribution in [3.8, 4) is 11.5 Å². The van der Waals surface area contributed by atoms with Crippen LogP contribution in [0, 0.1) is 0 Å². The van der Waals surface area contributed by atoms with Crippen LogP contribution in [0.5, 0.6) is 11.5 Å². The van der Waals surface area contributed by atoms with Gasteiger partial charge in [0.15, 0.2) is 0 Å². The monoisotopic (exact) mass is 298 g/mol. The molecule has 7 heteroatoms. The second kappa shape index (κ2) is 8.33. The van der Waals surface area contributed by atoms with Gasteiger partial charge in [-0.05, 0) is 6.07 Å². The molecule has 0 aromatic heterocycles. The van der Waals surface area contributed by atoms with Crippen LogP contribution in [0.1, 0.15) is 10.4 Å². The van der Waals surface area contributed by atoms with Crippen molar-refractivity contribution in [1.29, 1.82) is 0 Å². The van der Waals surface area contributed by atoms with E-state index in [0.29, 0.717) is 24.7 Å². The number of amides is 1. The Morgan fingerprint density at radius 2 is 1.95 bits per heavy atom. The third-order valence-electron chi connectivity index (χ3n) is 3.02. The summed E-state index contributed by atoms with van der Waals surface area (Å²) in [6.45, 7) is 0.777. The number of rotatable bonds is 8. The minimum atomic E-state index is -0.309. The Hall–Kier alpha value is -1.99. The van der Waals surface area contributed by atoms with Gasteiger partial charge in [0.1, 0.15) is 11.5 Å². The summed E-state index contributed by atoms with van der Waals surface area (Å²) >= 11 is 0. The first-order chi connectivity index (χ1) is 10.1. The maximum Gasteiger partial charge on any atom is 0.256 e. The van der Waals surface area contributed by atoms with Gasteiger partial charge in [0.05, 0.1) is 38.7 Å². The van der Waals surface area contributed by atoms with E-state index >= 15 is 0 Å². The van der Waals surface area contributed by atoms with Gasteiger partial charge in [0.2, 0.25) is 0 Å². The molecule has 21 heavy (non-hydrogen) atoms. The molecule has 1 aromatic rings. The zero-order valence-electron chi connectivity index (χ0n) is 12.6. The number of ether oxygens (including phenoxy) is 3. The van der Waals surface area contributed by atoms with E-state index in [1.54, 1.807) is 19.2 Å². The molecule has 1 rings (SSSR count). The van der Waals surface area contributed by atoms with Gasteiger partial charge in [0, 0.05) is 26.3 Å². The molecule has 7 nitrogen and oxygen atoms in total. The van der Waals surface area contributed by atoms with Gasteiger partial charge in [0.25, 0.3) is 5.91 Å². The van der Waals surface area contributed by atoms with Gasteiger partial charge in [-0.15, -0.1) is 0 Å². The van der Waals surface area contributed by atoms with Crippen LogP contribution < -0.4 is 15.2 Å². The van der Waals surface area contributed by atoms with E-state index in [1.165, 1.54) is 19.1 Å². The van der Waals surface area contributed by atoms with Crippen LogP contribution in [0.3, 0.4) is 0 Å². The average molecular weight is 298 g/mol. The van der Waals surface area contributed by atoms with Crippen molar-refractivity contribution in [2.75, 3.05) is 53.4 Å². The Bertz CT molecular complexity index is 479. The van der Waals surface area contributed by atoms with E-state index in [0.717, 1.165) is 0 Å². The molecule has 0 unspecified atom stereocenters. The van der Waals surface area contributed by atoms with E-state index in [2.05, 4.69) is 0 Å². The number of carbonyl (C=O) groups is 1. The van der Waals surface area contributed by atoms with Crippen molar-refractivity contribution in [3.05, 3.63) is 17.7 Å². The second-order valence-electron chi connectivity index (χ2n) is 4.30. The summed E-state index contributed by atoms with van der Waals surface area (Å²) in [4.78, 5) is 14.0. The number of carbonyl (C=O) groups excluding carboxylic acids is 1. The normalized spacial score (nSPS) is 10.3. The third kappa shape index (κ3) is 4.24. The molecule has 1 amide bonds. The third-order valence-corrected chi connectivity index (χ3v) is 3.02. The Morgan fingerprint density at radius 1 is 1.24 bits per heavy atom. The topological polar surface area (TPSA) is 94.2 Å².